The van der Waals surface area contributed by atoms with E-state index in [1.165, 1.54) is 4.90 Å². The van der Waals surface area contributed by atoms with Crippen molar-refractivity contribution in [3.63, 3.8) is 0 Å². The van der Waals surface area contributed by atoms with E-state index in [1.54, 1.807) is 27.7 Å². The van der Waals surface area contributed by atoms with Crippen molar-refractivity contribution in [2.24, 2.45) is 5.92 Å². The smallest absolute Gasteiger partial charge is 0.410 e. The third kappa shape index (κ3) is 5.11. The number of rotatable bonds is 4. The average molecular weight is 481 g/mol. The van der Waals surface area contributed by atoms with Gasteiger partial charge in [0.05, 0.1) is 0 Å². The number of piperidine rings is 1. The number of alkyl carbamates (subject to hydrolysis) is 1. The predicted octanol–water partition coefficient (Wildman–Crippen LogP) is 4.62. The number of hydrogen-bond acceptors (Lipinski definition) is 5. The summed E-state index contributed by atoms with van der Waals surface area (Å²) in [5.74, 6) is -1.78. The molecule has 0 saturated carbocycles. The molecule has 3 unspecified atom stereocenters. The van der Waals surface area contributed by atoms with Gasteiger partial charge in [0.1, 0.15) is 18.2 Å². The van der Waals surface area contributed by atoms with Gasteiger partial charge in [-0.3, -0.25) is 4.90 Å². The van der Waals surface area contributed by atoms with Crippen LogP contribution in [0.2, 0.25) is 0 Å². The maximum atomic E-state index is 13.1. The van der Waals surface area contributed by atoms with Gasteiger partial charge >= 0.3 is 18.2 Å². The summed E-state index contributed by atoms with van der Waals surface area (Å²) >= 11 is 0. The summed E-state index contributed by atoms with van der Waals surface area (Å²) in [6, 6.07) is 14.5. The molecule has 2 N–H and O–H groups in total. The minimum Gasteiger partial charge on any atom is -0.480 e. The van der Waals surface area contributed by atoms with E-state index < -0.39 is 41.8 Å². The quantitative estimate of drug-likeness (QED) is 0.661. The van der Waals surface area contributed by atoms with Crippen LogP contribution in [0.5, 0.6) is 0 Å². The van der Waals surface area contributed by atoms with Crippen LogP contribution in [0.1, 0.15) is 51.2 Å². The second kappa shape index (κ2) is 9.60. The SMILES string of the molecule is CC1C(NC(=O)OC(C)(C)C)CCN(C(=O)OCC2c3ccccc3-c3ccccc32)C1C(=O)O. The molecular formula is C27H32N2O6. The van der Waals surface area contributed by atoms with Crippen molar-refractivity contribution in [2.75, 3.05) is 13.2 Å². The second-order valence-corrected chi connectivity index (χ2v) is 10.2. The highest BCUT2D eigenvalue weighted by Gasteiger charge is 2.44. The summed E-state index contributed by atoms with van der Waals surface area (Å²) in [5.41, 5.74) is 3.75. The first kappa shape index (κ1) is 24.6. The van der Waals surface area contributed by atoms with Crippen LogP contribution in [-0.4, -0.2) is 59.0 Å². The minimum absolute atomic E-state index is 0.113. The fourth-order valence-corrected chi connectivity index (χ4v) is 5.09. The van der Waals surface area contributed by atoms with Crippen molar-refractivity contribution in [3.8, 4) is 11.1 Å². The van der Waals surface area contributed by atoms with Gasteiger partial charge in [-0.15, -0.1) is 0 Å². The molecule has 0 aromatic heterocycles. The van der Waals surface area contributed by atoms with Crippen molar-refractivity contribution < 1.29 is 29.0 Å². The van der Waals surface area contributed by atoms with Crippen molar-refractivity contribution in [3.05, 3.63) is 59.7 Å². The molecule has 1 heterocycles. The number of nitrogens with one attached hydrogen (secondary N) is 1. The summed E-state index contributed by atoms with van der Waals surface area (Å²) in [6.45, 7) is 7.26. The van der Waals surface area contributed by atoms with Gasteiger partial charge in [-0.05, 0) is 49.4 Å². The Bertz CT molecular complexity index is 1080. The topological polar surface area (TPSA) is 105 Å². The fourth-order valence-electron chi connectivity index (χ4n) is 5.09. The third-order valence-electron chi connectivity index (χ3n) is 6.68. The van der Waals surface area contributed by atoms with Gasteiger partial charge in [0.15, 0.2) is 0 Å². The zero-order valence-electron chi connectivity index (χ0n) is 20.5. The Morgan fingerprint density at radius 1 is 1.03 bits per heavy atom. The Morgan fingerprint density at radius 2 is 1.60 bits per heavy atom. The molecule has 1 saturated heterocycles. The maximum Gasteiger partial charge on any atom is 0.410 e. The minimum atomic E-state index is -1.14. The van der Waals surface area contributed by atoms with Gasteiger partial charge in [0, 0.05) is 24.4 Å². The first-order valence-electron chi connectivity index (χ1n) is 11.9. The Kier molecular flexibility index (Phi) is 6.74. The van der Waals surface area contributed by atoms with Gasteiger partial charge in [-0.2, -0.15) is 0 Å². The summed E-state index contributed by atoms with van der Waals surface area (Å²) < 4.78 is 11.0. The van der Waals surface area contributed by atoms with Crippen molar-refractivity contribution in [1.82, 2.24) is 10.2 Å². The number of carboxylic acids is 1. The normalized spacial score (nSPS) is 21.6. The Hall–Kier alpha value is -3.55. The van der Waals surface area contributed by atoms with Gasteiger partial charge in [0.2, 0.25) is 0 Å². The number of aliphatic carboxylic acids is 1. The number of ether oxygens (including phenoxy) is 2. The van der Waals surface area contributed by atoms with Crippen molar-refractivity contribution >= 4 is 18.2 Å². The van der Waals surface area contributed by atoms with Crippen LogP contribution in [0.3, 0.4) is 0 Å². The number of fused-ring (bicyclic) bond motifs is 3. The summed E-state index contributed by atoms with van der Waals surface area (Å²) in [6.07, 6.45) is -0.871. The van der Waals surface area contributed by atoms with E-state index in [2.05, 4.69) is 17.4 Å². The van der Waals surface area contributed by atoms with Crippen molar-refractivity contribution in [2.45, 2.75) is 57.7 Å². The van der Waals surface area contributed by atoms with Gasteiger partial charge < -0.3 is 19.9 Å². The number of nitrogens with zero attached hydrogens (tertiary/aromatic N) is 1. The lowest BCUT2D eigenvalue weighted by Gasteiger charge is -2.41. The second-order valence-electron chi connectivity index (χ2n) is 10.2. The molecular weight excluding hydrogens is 448 g/mol. The Balaban J connectivity index is 1.44. The predicted molar refractivity (Wildman–Crippen MR) is 130 cm³/mol. The van der Waals surface area contributed by atoms with E-state index in [-0.39, 0.29) is 19.1 Å². The van der Waals surface area contributed by atoms with Crippen LogP contribution in [0, 0.1) is 5.92 Å². The van der Waals surface area contributed by atoms with Crippen molar-refractivity contribution in [1.29, 1.82) is 0 Å². The molecule has 35 heavy (non-hydrogen) atoms. The number of benzene rings is 2. The zero-order chi connectivity index (χ0) is 25.3. The standard InChI is InChI=1S/C27H32N2O6/c1-16-22(28-25(32)35-27(2,3)4)13-14-29(23(16)24(30)31)26(33)34-15-21-19-11-7-5-9-17(19)18-10-6-8-12-20(18)21/h5-12,16,21-23H,13-15H2,1-4H3,(H,28,32)(H,30,31). The molecule has 2 aromatic rings. The largest absolute Gasteiger partial charge is 0.480 e. The zero-order valence-corrected chi connectivity index (χ0v) is 20.5. The Labute approximate surface area is 205 Å². The highest BCUT2D eigenvalue weighted by atomic mass is 16.6. The lowest BCUT2D eigenvalue weighted by Crippen LogP contribution is -2.60. The highest BCUT2D eigenvalue weighted by Crippen LogP contribution is 2.44. The fraction of sp³-hybridized carbons (Fsp3) is 0.444. The molecule has 1 aliphatic heterocycles. The van der Waals surface area contributed by atoms with Crippen LogP contribution in [0.25, 0.3) is 11.1 Å². The number of likely N-dealkylation sites (tertiary alicyclic amines) is 1. The molecule has 8 heteroatoms. The molecule has 4 rings (SSSR count). The molecule has 0 bridgehead atoms. The lowest BCUT2D eigenvalue weighted by atomic mass is 9.86. The van der Waals surface area contributed by atoms with Gasteiger partial charge in [0.25, 0.3) is 0 Å². The molecule has 186 valence electrons. The number of carbonyl (C=O) groups excluding carboxylic acids is 2. The van der Waals surface area contributed by atoms with Crippen LogP contribution in [0.15, 0.2) is 48.5 Å². The Morgan fingerprint density at radius 3 is 2.14 bits per heavy atom. The molecule has 0 radical (unpaired) electrons. The summed E-state index contributed by atoms with van der Waals surface area (Å²) in [7, 11) is 0. The monoisotopic (exact) mass is 480 g/mol. The van der Waals surface area contributed by atoms with E-state index in [0.717, 1.165) is 22.3 Å². The van der Waals surface area contributed by atoms with Crippen LogP contribution < -0.4 is 5.32 Å². The van der Waals surface area contributed by atoms with E-state index in [1.807, 2.05) is 36.4 Å². The third-order valence-corrected chi connectivity index (χ3v) is 6.68. The number of carboxylic acid groups (broad SMARTS) is 1. The van der Waals surface area contributed by atoms with Crippen LogP contribution in [-0.2, 0) is 14.3 Å². The molecule has 1 fully saturated rings. The number of hydrogen-bond donors (Lipinski definition) is 2. The van der Waals surface area contributed by atoms with E-state index in [4.69, 9.17) is 9.47 Å². The molecule has 2 aliphatic rings. The lowest BCUT2D eigenvalue weighted by molar-refractivity contribution is -0.146. The van der Waals surface area contributed by atoms with E-state index in [0.29, 0.717) is 6.42 Å². The molecule has 2 amide bonds. The van der Waals surface area contributed by atoms with E-state index >= 15 is 0 Å². The van der Waals surface area contributed by atoms with Gasteiger partial charge in [-0.1, -0.05) is 55.5 Å². The first-order chi connectivity index (χ1) is 16.6. The average Bonchev–Trinajstić information content (AvgIpc) is 3.11. The molecule has 2 aromatic carbocycles. The maximum absolute atomic E-state index is 13.1. The number of carbonyl (C=O) groups is 3. The van der Waals surface area contributed by atoms with E-state index in [9.17, 15) is 19.5 Å². The van der Waals surface area contributed by atoms with Gasteiger partial charge in [-0.25, -0.2) is 14.4 Å². The summed E-state index contributed by atoms with van der Waals surface area (Å²) in [5, 5.41) is 12.7. The van der Waals surface area contributed by atoms with Crippen LogP contribution in [0.4, 0.5) is 9.59 Å². The van der Waals surface area contributed by atoms with Crippen LogP contribution >= 0.6 is 0 Å². The number of amides is 2. The molecule has 1 aliphatic carbocycles. The molecule has 0 spiro atoms. The first-order valence-corrected chi connectivity index (χ1v) is 11.9. The molecule has 8 nitrogen and oxygen atoms in total. The molecule has 3 atom stereocenters. The highest BCUT2D eigenvalue weighted by molar-refractivity contribution is 5.82. The summed E-state index contributed by atoms with van der Waals surface area (Å²) in [4.78, 5) is 38.7.